The molecule has 27 heavy (non-hydrogen) atoms. The summed E-state index contributed by atoms with van der Waals surface area (Å²) in [6, 6.07) is 12.3. The molecule has 0 aliphatic carbocycles. The van der Waals surface area contributed by atoms with E-state index in [0.717, 1.165) is 67.8 Å². The number of benzene rings is 1. The molecule has 1 aromatic carbocycles. The number of hydrogen-bond acceptors (Lipinski definition) is 5. The minimum Gasteiger partial charge on any atom is -0.456 e. The Bertz CT molecular complexity index is 899. The molecule has 6 heteroatoms. The molecule has 1 atom stereocenters. The average molecular weight is 368 g/mol. The smallest absolute Gasteiger partial charge is 0.176 e. The van der Waals surface area contributed by atoms with E-state index in [-0.39, 0.29) is 0 Å². The molecule has 0 bridgehead atoms. The van der Waals surface area contributed by atoms with Crippen molar-refractivity contribution in [3.63, 3.8) is 0 Å². The summed E-state index contributed by atoms with van der Waals surface area (Å²) in [6.45, 7) is 5.42. The van der Waals surface area contributed by atoms with Crippen LogP contribution in [0.4, 0.5) is 0 Å². The lowest BCUT2D eigenvalue weighted by molar-refractivity contribution is 0.112. The fourth-order valence-corrected chi connectivity index (χ4v) is 3.89. The molecule has 0 N–H and O–H groups in total. The largest absolute Gasteiger partial charge is 0.456 e. The van der Waals surface area contributed by atoms with Crippen molar-refractivity contribution in [2.24, 2.45) is 13.0 Å². The SMILES string of the molecule is CN(C)C[C@@H]1COCCN(Cc2ccc(-c3nc4ccccc4n3C)o2)C1. The van der Waals surface area contributed by atoms with Gasteiger partial charge in [0.1, 0.15) is 5.76 Å². The van der Waals surface area contributed by atoms with Gasteiger partial charge in [0.05, 0.1) is 30.8 Å². The highest BCUT2D eigenvalue weighted by Gasteiger charge is 2.21. The van der Waals surface area contributed by atoms with Gasteiger partial charge in [0.2, 0.25) is 0 Å². The second-order valence-corrected chi connectivity index (χ2v) is 7.69. The molecule has 0 unspecified atom stereocenters. The number of aromatic nitrogens is 2. The van der Waals surface area contributed by atoms with Gasteiger partial charge >= 0.3 is 0 Å². The predicted molar refractivity (Wildman–Crippen MR) is 107 cm³/mol. The third-order valence-corrected chi connectivity index (χ3v) is 5.09. The molecule has 4 rings (SSSR count). The van der Waals surface area contributed by atoms with Gasteiger partial charge in [-0.2, -0.15) is 0 Å². The molecule has 0 spiro atoms. The van der Waals surface area contributed by atoms with Crippen LogP contribution in [0.3, 0.4) is 0 Å². The number of furan rings is 1. The molecule has 6 nitrogen and oxygen atoms in total. The minimum atomic E-state index is 0.525. The zero-order valence-corrected chi connectivity index (χ0v) is 16.4. The van der Waals surface area contributed by atoms with E-state index in [9.17, 15) is 0 Å². The highest BCUT2D eigenvalue weighted by atomic mass is 16.5. The first-order chi connectivity index (χ1) is 13.1. The van der Waals surface area contributed by atoms with Crippen molar-refractivity contribution in [2.45, 2.75) is 6.54 Å². The molecule has 0 radical (unpaired) electrons. The molecule has 1 saturated heterocycles. The summed E-state index contributed by atoms with van der Waals surface area (Å²) in [7, 11) is 6.26. The lowest BCUT2D eigenvalue weighted by atomic mass is 10.1. The van der Waals surface area contributed by atoms with Gasteiger partial charge in [-0.3, -0.25) is 4.90 Å². The number of ether oxygens (including phenoxy) is 1. The minimum absolute atomic E-state index is 0.525. The van der Waals surface area contributed by atoms with Crippen molar-refractivity contribution >= 4 is 11.0 Å². The molecule has 3 aromatic rings. The predicted octanol–water partition coefficient (Wildman–Crippen LogP) is 2.84. The third-order valence-electron chi connectivity index (χ3n) is 5.09. The second kappa shape index (κ2) is 7.84. The maximum absolute atomic E-state index is 6.16. The molecule has 1 aliphatic heterocycles. The summed E-state index contributed by atoms with van der Waals surface area (Å²) >= 11 is 0. The molecule has 144 valence electrons. The van der Waals surface area contributed by atoms with Crippen LogP contribution in [0.5, 0.6) is 0 Å². The lowest BCUT2D eigenvalue weighted by Crippen LogP contribution is -2.34. The van der Waals surface area contributed by atoms with Gasteiger partial charge in [0.25, 0.3) is 0 Å². The first-order valence-corrected chi connectivity index (χ1v) is 9.55. The van der Waals surface area contributed by atoms with Gasteiger partial charge in [-0.25, -0.2) is 4.98 Å². The zero-order chi connectivity index (χ0) is 18.8. The van der Waals surface area contributed by atoms with Crippen molar-refractivity contribution < 1.29 is 9.15 Å². The second-order valence-electron chi connectivity index (χ2n) is 7.69. The molecular formula is C21H28N4O2. The van der Waals surface area contributed by atoms with Crippen LogP contribution in [0.1, 0.15) is 5.76 Å². The van der Waals surface area contributed by atoms with Crippen LogP contribution in [0.2, 0.25) is 0 Å². The summed E-state index contributed by atoms with van der Waals surface area (Å²) < 4.78 is 14.0. The van der Waals surface area contributed by atoms with Crippen molar-refractivity contribution in [3.05, 3.63) is 42.2 Å². The molecule has 2 aromatic heterocycles. The Balaban J connectivity index is 1.49. The molecule has 1 fully saturated rings. The molecule has 0 amide bonds. The van der Waals surface area contributed by atoms with Crippen LogP contribution in [0.15, 0.2) is 40.8 Å². The number of para-hydroxylation sites is 2. The number of nitrogens with zero attached hydrogens (tertiary/aromatic N) is 4. The zero-order valence-electron chi connectivity index (χ0n) is 16.4. The van der Waals surface area contributed by atoms with E-state index in [1.165, 1.54) is 0 Å². The van der Waals surface area contributed by atoms with Gasteiger partial charge < -0.3 is 18.6 Å². The van der Waals surface area contributed by atoms with E-state index in [1.807, 2.05) is 31.3 Å². The summed E-state index contributed by atoms with van der Waals surface area (Å²) in [5.74, 6) is 3.19. The van der Waals surface area contributed by atoms with E-state index in [0.29, 0.717) is 5.92 Å². The Hall–Kier alpha value is -2.15. The molecular weight excluding hydrogens is 340 g/mol. The number of imidazole rings is 1. The Morgan fingerprint density at radius 1 is 1.19 bits per heavy atom. The summed E-state index contributed by atoms with van der Waals surface area (Å²) in [6.07, 6.45) is 0. The maximum atomic E-state index is 6.16. The number of rotatable bonds is 5. The van der Waals surface area contributed by atoms with E-state index < -0.39 is 0 Å². The van der Waals surface area contributed by atoms with Gasteiger partial charge in [0, 0.05) is 32.6 Å². The van der Waals surface area contributed by atoms with Crippen LogP contribution in [-0.4, -0.2) is 66.3 Å². The van der Waals surface area contributed by atoms with Crippen LogP contribution in [0.25, 0.3) is 22.6 Å². The topological polar surface area (TPSA) is 46.7 Å². The van der Waals surface area contributed by atoms with Crippen LogP contribution >= 0.6 is 0 Å². The van der Waals surface area contributed by atoms with Gasteiger partial charge in [-0.05, 0) is 38.4 Å². The normalized spacial score (nSPS) is 19.0. The van der Waals surface area contributed by atoms with Crippen LogP contribution in [-0.2, 0) is 18.3 Å². The summed E-state index contributed by atoms with van der Waals surface area (Å²) in [5, 5.41) is 0. The fourth-order valence-electron chi connectivity index (χ4n) is 3.89. The molecule has 3 heterocycles. The molecule has 1 aliphatic rings. The number of aryl methyl sites for hydroxylation is 1. The maximum Gasteiger partial charge on any atom is 0.176 e. The summed E-state index contributed by atoms with van der Waals surface area (Å²) in [4.78, 5) is 9.39. The van der Waals surface area contributed by atoms with Crippen LogP contribution in [0, 0.1) is 5.92 Å². The van der Waals surface area contributed by atoms with Crippen LogP contribution < -0.4 is 0 Å². The Kier molecular flexibility index (Phi) is 5.29. The monoisotopic (exact) mass is 368 g/mol. The Labute approximate surface area is 160 Å². The third kappa shape index (κ3) is 4.08. The highest BCUT2D eigenvalue weighted by Crippen LogP contribution is 2.26. The number of hydrogen-bond donors (Lipinski definition) is 0. The standard InChI is InChI=1S/C21H28N4O2/c1-23(2)12-16-13-25(10-11-26-15-16)14-17-8-9-20(27-17)21-22-18-6-4-5-7-19(18)24(21)3/h4-9,16H,10-15H2,1-3H3/t16-/m0/s1. The summed E-state index contributed by atoms with van der Waals surface area (Å²) in [5.41, 5.74) is 2.10. The number of fused-ring (bicyclic) bond motifs is 1. The van der Waals surface area contributed by atoms with E-state index in [4.69, 9.17) is 14.1 Å². The van der Waals surface area contributed by atoms with Crippen molar-refractivity contribution in [3.8, 4) is 11.6 Å². The first kappa shape index (κ1) is 18.2. The van der Waals surface area contributed by atoms with Crippen molar-refractivity contribution in [1.29, 1.82) is 0 Å². The quantitative estimate of drug-likeness (QED) is 0.693. The van der Waals surface area contributed by atoms with E-state index in [2.05, 4.69) is 40.6 Å². The first-order valence-electron chi connectivity index (χ1n) is 9.55. The Morgan fingerprint density at radius 2 is 2.04 bits per heavy atom. The van der Waals surface area contributed by atoms with Gasteiger partial charge in [0.15, 0.2) is 11.6 Å². The fraction of sp³-hybridized carbons (Fsp3) is 0.476. The lowest BCUT2D eigenvalue weighted by Gasteiger charge is -2.24. The average Bonchev–Trinajstić information content (AvgIpc) is 3.15. The van der Waals surface area contributed by atoms with E-state index in [1.54, 1.807) is 0 Å². The van der Waals surface area contributed by atoms with Crippen molar-refractivity contribution in [1.82, 2.24) is 19.4 Å². The van der Waals surface area contributed by atoms with Gasteiger partial charge in [-0.1, -0.05) is 12.1 Å². The van der Waals surface area contributed by atoms with E-state index >= 15 is 0 Å². The van der Waals surface area contributed by atoms with Crippen molar-refractivity contribution in [2.75, 3.05) is 46.9 Å². The van der Waals surface area contributed by atoms with Gasteiger partial charge in [-0.15, -0.1) is 0 Å². The molecule has 0 saturated carbocycles. The highest BCUT2D eigenvalue weighted by molar-refractivity contribution is 5.79. The Morgan fingerprint density at radius 3 is 2.85 bits per heavy atom.